The first kappa shape index (κ1) is 17.3. The van der Waals surface area contributed by atoms with Crippen LogP contribution >= 0.6 is 0 Å². The van der Waals surface area contributed by atoms with E-state index in [2.05, 4.69) is 55.0 Å². The van der Waals surface area contributed by atoms with Crippen molar-refractivity contribution in [3.05, 3.63) is 65.7 Å². The fourth-order valence-electron chi connectivity index (χ4n) is 7.17. The van der Waals surface area contributed by atoms with E-state index in [-0.39, 0.29) is 1.43 Å². The third-order valence-electron chi connectivity index (χ3n) is 8.73. The SMILES string of the molecule is [CH]=C=C1CC[C@@]2(C)C(=CCC3C2CC[C@]2(C)C(c4cccnc4)=CCC32)C1.[H]. The van der Waals surface area contributed by atoms with Crippen LogP contribution in [0.5, 0.6) is 0 Å². The number of hydrogen-bond donors (Lipinski definition) is 0. The monoisotopic (exact) mass is 357 g/mol. The molecule has 2 fully saturated rings. The van der Waals surface area contributed by atoms with E-state index in [1.54, 1.807) is 11.1 Å². The minimum atomic E-state index is 0. The predicted molar refractivity (Wildman–Crippen MR) is 112 cm³/mol. The minimum Gasteiger partial charge on any atom is -0.264 e. The normalized spacial score (nSPS) is 40.2. The summed E-state index contributed by atoms with van der Waals surface area (Å²) in [5.41, 5.74) is 9.52. The molecule has 0 aromatic carbocycles. The molecular weight excluding hydrogens is 326 g/mol. The summed E-state index contributed by atoms with van der Waals surface area (Å²) < 4.78 is 0. The number of pyridine rings is 1. The molecule has 1 aromatic heterocycles. The lowest BCUT2D eigenvalue weighted by Gasteiger charge is -2.57. The van der Waals surface area contributed by atoms with Gasteiger partial charge in [0.15, 0.2) is 0 Å². The Morgan fingerprint density at radius 3 is 2.81 bits per heavy atom. The third kappa shape index (κ3) is 2.41. The van der Waals surface area contributed by atoms with Gasteiger partial charge in [-0.05, 0) is 103 Å². The highest BCUT2D eigenvalue weighted by atomic mass is 14.6. The maximum atomic E-state index is 5.73. The molecule has 1 heteroatoms. The molecule has 3 unspecified atom stereocenters. The van der Waals surface area contributed by atoms with Gasteiger partial charge in [0.25, 0.3) is 0 Å². The second-order valence-corrected chi connectivity index (χ2v) is 9.74. The molecule has 2 saturated carbocycles. The number of allylic oxidation sites excluding steroid dienone is 5. The molecule has 1 nitrogen and oxygen atoms in total. The van der Waals surface area contributed by atoms with Crippen molar-refractivity contribution in [2.45, 2.75) is 58.8 Å². The Labute approximate surface area is 165 Å². The zero-order valence-electron chi connectivity index (χ0n) is 17.7. The van der Waals surface area contributed by atoms with Gasteiger partial charge in [0, 0.05) is 13.8 Å². The van der Waals surface area contributed by atoms with E-state index in [1.165, 1.54) is 43.2 Å². The highest BCUT2D eigenvalue weighted by Gasteiger charge is 2.56. The molecule has 140 valence electrons. The van der Waals surface area contributed by atoms with Crippen LogP contribution in [0.15, 0.2) is 53.6 Å². The maximum Gasteiger partial charge on any atom is 0.0343 e. The molecule has 27 heavy (non-hydrogen) atoms. The molecule has 0 N–H and O–H groups in total. The standard InChI is InChI=1S/C26H30N.H/c1-4-18-11-13-25(2)20(16-18)7-8-21-23-10-9-22(19-6-5-15-27-17-19)26(23,3)14-12-24(21)25;/h1,5-7,9,15,17,21,23-24H,8,10-14,16H2,2-3H3;/t4?,21?,23?,24?,25-,26+;/m0./s1. The Hall–Kier alpha value is -1.85. The first-order chi connectivity index (χ1) is 13.1. The zero-order chi connectivity index (χ0) is 18.6. The summed E-state index contributed by atoms with van der Waals surface area (Å²) in [7, 11) is 0. The molecular formula is C26H31N. The van der Waals surface area contributed by atoms with Crippen molar-refractivity contribution in [3.63, 3.8) is 0 Å². The fourth-order valence-corrected chi connectivity index (χ4v) is 7.17. The van der Waals surface area contributed by atoms with Crippen LogP contribution in [0.1, 0.15) is 65.8 Å². The summed E-state index contributed by atoms with van der Waals surface area (Å²) in [6, 6.07) is 4.33. The van der Waals surface area contributed by atoms with Gasteiger partial charge < -0.3 is 0 Å². The average Bonchev–Trinajstić information content (AvgIpc) is 3.05. The molecule has 5 rings (SSSR count). The maximum absolute atomic E-state index is 5.73. The van der Waals surface area contributed by atoms with Crippen molar-refractivity contribution < 1.29 is 1.43 Å². The Morgan fingerprint density at radius 2 is 2.04 bits per heavy atom. The van der Waals surface area contributed by atoms with Crippen LogP contribution in [0, 0.1) is 35.2 Å². The van der Waals surface area contributed by atoms with Crippen molar-refractivity contribution in [1.29, 1.82) is 0 Å². The quantitative estimate of drug-likeness (QED) is 0.404. The molecule has 0 bridgehead atoms. The average molecular weight is 358 g/mol. The first-order valence-electron chi connectivity index (χ1n) is 10.7. The van der Waals surface area contributed by atoms with Crippen molar-refractivity contribution in [2.75, 3.05) is 0 Å². The second-order valence-electron chi connectivity index (χ2n) is 9.74. The molecule has 0 aliphatic heterocycles. The molecule has 0 spiro atoms. The summed E-state index contributed by atoms with van der Waals surface area (Å²) in [5, 5.41) is 0. The Bertz CT molecular complexity index is 875. The van der Waals surface area contributed by atoms with E-state index in [4.69, 9.17) is 6.58 Å². The first-order valence-corrected chi connectivity index (χ1v) is 10.7. The number of aromatic nitrogens is 1. The van der Waals surface area contributed by atoms with Gasteiger partial charge in [-0.1, -0.05) is 37.6 Å². The Morgan fingerprint density at radius 1 is 1.15 bits per heavy atom. The van der Waals surface area contributed by atoms with E-state index in [9.17, 15) is 0 Å². The van der Waals surface area contributed by atoms with Crippen LogP contribution in [0.2, 0.25) is 0 Å². The van der Waals surface area contributed by atoms with Gasteiger partial charge in [0.2, 0.25) is 0 Å². The van der Waals surface area contributed by atoms with E-state index in [0.29, 0.717) is 10.8 Å². The summed E-state index contributed by atoms with van der Waals surface area (Å²) in [4.78, 5) is 4.39. The Kier molecular flexibility index (Phi) is 3.89. The molecule has 1 aromatic rings. The number of rotatable bonds is 1. The third-order valence-corrected chi connectivity index (χ3v) is 8.73. The van der Waals surface area contributed by atoms with Crippen molar-refractivity contribution >= 4 is 5.57 Å². The second kappa shape index (κ2) is 6.08. The molecule has 0 saturated heterocycles. The fraction of sp³-hybridized carbons (Fsp3) is 0.538. The molecule has 4 aliphatic carbocycles. The van der Waals surface area contributed by atoms with Gasteiger partial charge >= 0.3 is 0 Å². The Balaban J connectivity index is 0.00000192. The topological polar surface area (TPSA) is 12.9 Å². The molecule has 1 heterocycles. The minimum absolute atomic E-state index is 0. The highest BCUT2D eigenvalue weighted by Crippen LogP contribution is 2.66. The van der Waals surface area contributed by atoms with Gasteiger partial charge in [-0.25, -0.2) is 0 Å². The van der Waals surface area contributed by atoms with Crippen molar-refractivity contribution in [2.24, 2.45) is 28.6 Å². The number of fused-ring (bicyclic) bond motifs is 5. The van der Waals surface area contributed by atoms with Crippen LogP contribution < -0.4 is 0 Å². The van der Waals surface area contributed by atoms with Gasteiger partial charge in [0.1, 0.15) is 0 Å². The van der Waals surface area contributed by atoms with Gasteiger partial charge in [-0.15, -0.1) is 5.73 Å². The summed E-state index contributed by atoms with van der Waals surface area (Å²) in [6.07, 6.45) is 17.7. The lowest BCUT2D eigenvalue weighted by atomic mass is 9.47. The van der Waals surface area contributed by atoms with Gasteiger partial charge in [0.05, 0.1) is 0 Å². The smallest absolute Gasteiger partial charge is 0.0343 e. The largest absolute Gasteiger partial charge is 0.264 e. The number of nitrogens with zero attached hydrogens (tertiary/aromatic N) is 1. The van der Waals surface area contributed by atoms with Crippen molar-refractivity contribution in [1.82, 2.24) is 4.98 Å². The van der Waals surface area contributed by atoms with Crippen LogP contribution in [0.3, 0.4) is 0 Å². The van der Waals surface area contributed by atoms with Crippen LogP contribution in [-0.4, -0.2) is 4.98 Å². The molecule has 5 atom stereocenters. The van der Waals surface area contributed by atoms with E-state index in [1.807, 2.05) is 6.20 Å². The summed E-state index contributed by atoms with van der Waals surface area (Å²) in [5.74, 6) is 2.42. The lowest BCUT2D eigenvalue weighted by Crippen LogP contribution is -2.48. The van der Waals surface area contributed by atoms with Crippen LogP contribution in [0.25, 0.3) is 5.57 Å². The zero-order valence-corrected chi connectivity index (χ0v) is 16.7. The predicted octanol–water partition coefficient (Wildman–Crippen LogP) is 6.66. The lowest BCUT2D eigenvalue weighted by molar-refractivity contribution is -0.00653. The molecule has 2 radical (unpaired) electrons. The number of hydrogen-bond acceptors (Lipinski definition) is 1. The molecule has 4 aliphatic rings. The van der Waals surface area contributed by atoms with Crippen LogP contribution in [0.4, 0.5) is 0 Å². The summed E-state index contributed by atoms with van der Waals surface area (Å²) >= 11 is 0. The highest BCUT2D eigenvalue weighted by molar-refractivity contribution is 5.72. The van der Waals surface area contributed by atoms with Crippen LogP contribution in [-0.2, 0) is 0 Å². The van der Waals surface area contributed by atoms with E-state index in [0.717, 1.165) is 30.6 Å². The van der Waals surface area contributed by atoms with Gasteiger partial charge in [-0.3, -0.25) is 4.98 Å². The van der Waals surface area contributed by atoms with E-state index < -0.39 is 0 Å². The van der Waals surface area contributed by atoms with E-state index >= 15 is 0 Å². The molecule has 0 amide bonds. The summed E-state index contributed by atoms with van der Waals surface area (Å²) in [6.45, 7) is 10.8. The van der Waals surface area contributed by atoms with Crippen molar-refractivity contribution in [3.8, 4) is 0 Å². The van der Waals surface area contributed by atoms with Gasteiger partial charge in [-0.2, -0.15) is 0 Å².